The Balaban J connectivity index is 0.00000182. The Morgan fingerprint density at radius 2 is 2.04 bits per heavy atom. The summed E-state index contributed by atoms with van der Waals surface area (Å²) < 4.78 is 1.21. The summed E-state index contributed by atoms with van der Waals surface area (Å²) in [4.78, 5) is 15.8. The molecule has 2 aromatic heterocycles. The quantitative estimate of drug-likeness (QED) is 0.698. The predicted molar refractivity (Wildman–Crippen MR) is 110 cm³/mol. The Morgan fingerprint density at radius 3 is 2.76 bits per heavy atom. The summed E-state index contributed by atoms with van der Waals surface area (Å²) in [6.45, 7) is 7.59. The Hall–Kier alpha value is -0.690. The largest absolute Gasteiger partial charge is 0.341 e. The maximum Gasteiger partial charge on any atom is 0.225 e. The first-order valence-corrected chi connectivity index (χ1v) is 10.3. The van der Waals surface area contributed by atoms with Gasteiger partial charge >= 0.3 is 0 Å². The average Bonchev–Trinajstić information content (AvgIpc) is 3.00. The van der Waals surface area contributed by atoms with Crippen molar-refractivity contribution in [3.8, 4) is 0 Å². The van der Waals surface area contributed by atoms with Crippen molar-refractivity contribution in [1.82, 2.24) is 14.9 Å². The average molecular weight is 444 g/mol. The SMILES string of the molecule is CC1CCN(c2ncc3c(n2)CCN(Cc2ccc(Br)s2)C3)CC1.Cl. The molecule has 0 N–H and O–H groups in total. The lowest BCUT2D eigenvalue weighted by Gasteiger charge is -2.32. The third-order valence-electron chi connectivity index (χ3n) is 5.08. The molecule has 0 amide bonds. The van der Waals surface area contributed by atoms with Crippen molar-refractivity contribution < 1.29 is 0 Å². The highest BCUT2D eigenvalue weighted by Crippen LogP contribution is 2.27. The summed E-state index contributed by atoms with van der Waals surface area (Å²) in [5.74, 6) is 1.78. The van der Waals surface area contributed by atoms with E-state index in [2.05, 4.69) is 56.0 Å². The first kappa shape index (κ1) is 19.1. The molecule has 0 saturated carbocycles. The van der Waals surface area contributed by atoms with E-state index in [-0.39, 0.29) is 12.4 Å². The van der Waals surface area contributed by atoms with Crippen LogP contribution >= 0.6 is 39.7 Å². The molecule has 0 unspecified atom stereocenters. The fraction of sp³-hybridized carbons (Fsp3) is 0.556. The Kier molecular flexibility index (Phi) is 6.36. The second-order valence-corrected chi connectivity index (χ2v) is 9.53. The van der Waals surface area contributed by atoms with E-state index >= 15 is 0 Å². The lowest BCUT2D eigenvalue weighted by molar-refractivity contribution is 0.245. The van der Waals surface area contributed by atoms with Gasteiger partial charge in [-0.25, -0.2) is 9.97 Å². The molecule has 0 spiro atoms. The molecule has 0 bridgehead atoms. The second kappa shape index (κ2) is 8.33. The van der Waals surface area contributed by atoms with Gasteiger partial charge in [0.15, 0.2) is 0 Å². The number of thiophene rings is 1. The van der Waals surface area contributed by atoms with Gasteiger partial charge in [-0.15, -0.1) is 23.7 Å². The van der Waals surface area contributed by atoms with Gasteiger partial charge in [0.2, 0.25) is 5.95 Å². The molecule has 4 heterocycles. The number of aromatic nitrogens is 2. The number of hydrogen-bond acceptors (Lipinski definition) is 5. The molecular weight excluding hydrogens is 420 g/mol. The number of nitrogens with zero attached hydrogens (tertiary/aromatic N) is 4. The standard InChI is InChI=1S/C18H23BrN4S.ClH/c1-13-4-8-23(9-5-13)18-20-10-14-11-22(7-6-16(14)21-18)12-15-2-3-17(19)24-15;/h2-3,10,13H,4-9,11-12H2,1H3;1H. The van der Waals surface area contributed by atoms with Gasteiger partial charge in [0.1, 0.15) is 0 Å². The van der Waals surface area contributed by atoms with Crippen LogP contribution in [0.5, 0.6) is 0 Å². The van der Waals surface area contributed by atoms with Gasteiger partial charge in [-0.3, -0.25) is 4.90 Å². The molecule has 1 saturated heterocycles. The van der Waals surface area contributed by atoms with Gasteiger partial charge in [-0.2, -0.15) is 0 Å². The molecule has 4 rings (SSSR count). The summed E-state index contributed by atoms with van der Waals surface area (Å²) in [5.41, 5.74) is 2.55. The molecule has 2 aliphatic rings. The summed E-state index contributed by atoms with van der Waals surface area (Å²) in [7, 11) is 0. The highest BCUT2D eigenvalue weighted by molar-refractivity contribution is 9.11. The lowest BCUT2D eigenvalue weighted by atomic mass is 9.99. The molecule has 2 aromatic rings. The molecule has 1 fully saturated rings. The fourth-order valence-corrected chi connectivity index (χ4v) is 5.04. The first-order chi connectivity index (χ1) is 11.7. The van der Waals surface area contributed by atoms with Crippen molar-refractivity contribution in [2.24, 2.45) is 5.92 Å². The fourth-order valence-electron chi connectivity index (χ4n) is 3.52. The Labute approximate surface area is 168 Å². The third-order valence-corrected chi connectivity index (χ3v) is 6.68. The zero-order valence-electron chi connectivity index (χ0n) is 14.4. The molecule has 4 nitrogen and oxygen atoms in total. The molecule has 136 valence electrons. The van der Waals surface area contributed by atoms with Crippen molar-refractivity contribution in [1.29, 1.82) is 0 Å². The first-order valence-electron chi connectivity index (χ1n) is 8.73. The topological polar surface area (TPSA) is 32.3 Å². The molecule has 2 aliphatic heterocycles. The highest BCUT2D eigenvalue weighted by Gasteiger charge is 2.22. The van der Waals surface area contributed by atoms with E-state index in [9.17, 15) is 0 Å². The van der Waals surface area contributed by atoms with Crippen molar-refractivity contribution in [2.75, 3.05) is 24.5 Å². The number of halogens is 2. The normalized spacial score (nSPS) is 18.7. The van der Waals surface area contributed by atoms with Crippen LogP contribution in [-0.4, -0.2) is 34.5 Å². The Bertz CT molecular complexity index is 715. The lowest BCUT2D eigenvalue weighted by Crippen LogP contribution is -2.35. The molecule has 0 atom stereocenters. The monoisotopic (exact) mass is 442 g/mol. The molecule has 25 heavy (non-hydrogen) atoms. The van der Waals surface area contributed by atoms with E-state index in [1.165, 1.54) is 32.8 Å². The van der Waals surface area contributed by atoms with E-state index in [1.54, 1.807) is 0 Å². The summed E-state index contributed by atoms with van der Waals surface area (Å²) >= 11 is 5.37. The van der Waals surface area contributed by atoms with Gasteiger partial charge in [-0.1, -0.05) is 6.92 Å². The number of piperidine rings is 1. The van der Waals surface area contributed by atoms with Crippen LogP contribution in [0, 0.1) is 5.92 Å². The van der Waals surface area contributed by atoms with E-state index in [0.29, 0.717) is 0 Å². The van der Waals surface area contributed by atoms with Crippen LogP contribution in [0.2, 0.25) is 0 Å². The van der Waals surface area contributed by atoms with Gasteiger partial charge in [-0.05, 0) is 46.8 Å². The summed E-state index contributed by atoms with van der Waals surface area (Å²) in [6.07, 6.45) is 5.60. The minimum atomic E-state index is 0. The second-order valence-electron chi connectivity index (χ2n) is 6.98. The molecule has 7 heteroatoms. The zero-order valence-corrected chi connectivity index (χ0v) is 17.7. The van der Waals surface area contributed by atoms with Crippen LogP contribution in [-0.2, 0) is 19.5 Å². The van der Waals surface area contributed by atoms with Crippen LogP contribution in [0.3, 0.4) is 0 Å². The number of fused-ring (bicyclic) bond motifs is 1. The van der Waals surface area contributed by atoms with Crippen molar-refractivity contribution >= 4 is 45.6 Å². The van der Waals surface area contributed by atoms with E-state index < -0.39 is 0 Å². The van der Waals surface area contributed by atoms with Crippen molar-refractivity contribution in [3.05, 3.63) is 38.3 Å². The Morgan fingerprint density at radius 1 is 1.24 bits per heavy atom. The maximum atomic E-state index is 4.89. The smallest absolute Gasteiger partial charge is 0.225 e. The highest BCUT2D eigenvalue weighted by atomic mass is 79.9. The molecule has 0 aliphatic carbocycles. The van der Waals surface area contributed by atoms with Crippen LogP contribution in [0.4, 0.5) is 5.95 Å². The van der Waals surface area contributed by atoms with Gasteiger partial charge < -0.3 is 4.90 Å². The van der Waals surface area contributed by atoms with Gasteiger partial charge in [0.05, 0.1) is 9.48 Å². The van der Waals surface area contributed by atoms with Gasteiger partial charge in [0, 0.05) is 55.8 Å². The van der Waals surface area contributed by atoms with Crippen LogP contribution < -0.4 is 4.90 Å². The third kappa shape index (κ3) is 4.54. The molecule has 0 aromatic carbocycles. The van der Waals surface area contributed by atoms with Crippen molar-refractivity contribution in [3.63, 3.8) is 0 Å². The van der Waals surface area contributed by atoms with E-state index in [0.717, 1.165) is 51.0 Å². The number of anilines is 1. The summed E-state index contributed by atoms with van der Waals surface area (Å²) in [5, 5.41) is 0. The van der Waals surface area contributed by atoms with Gasteiger partial charge in [0.25, 0.3) is 0 Å². The van der Waals surface area contributed by atoms with Crippen molar-refractivity contribution in [2.45, 2.75) is 39.3 Å². The minimum Gasteiger partial charge on any atom is -0.341 e. The minimum absolute atomic E-state index is 0. The summed E-state index contributed by atoms with van der Waals surface area (Å²) in [6, 6.07) is 4.34. The predicted octanol–water partition coefficient (Wildman–Crippen LogP) is 4.52. The van der Waals surface area contributed by atoms with Crippen LogP contribution in [0.1, 0.15) is 35.9 Å². The zero-order chi connectivity index (χ0) is 16.5. The van der Waals surface area contributed by atoms with Crippen LogP contribution in [0.25, 0.3) is 0 Å². The van der Waals surface area contributed by atoms with E-state index in [1.807, 2.05) is 11.3 Å². The molecule has 0 radical (unpaired) electrons. The number of rotatable bonds is 3. The van der Waals surface area contributed by atoms with E-state index in [4.69, 9.17) is 4.98 Å². The molecular formula is C18H24BrClN4S. The van der Waals surface area contributed by atoms with Crippen LogP contribution in [0.15, 0.2) is 22.1 Å². The maximum absolute atomic E-state index is 4.89. The number of hydrogen-bond donors (Lipinski definition) is 0.